The first kappa shape index (κ1) is 12.3. The first-order valence-electron chi connectivity index (χ1n) is 6.70. The van der Waals surface area contributed by atoms with Crippen LogP contribution in [0.15, 0.2) is 0 Å². The Kier molecular flexibility index (Phi) is 3.57. The lowest BCUT2D eigenvalue weighted by atomic mass is 9.92. The lowest BCUT2D eigenvalue weighted by Crippen LogP contribution is -2.48. The second kappa shape index (κ2) is 4.63. The summed E-state index contributed by atoms with van der Waals surface area (Å²) in [6, 6.07) is 1.34. The average molecular weight is 226 g/mol. The van der Waals surface area contributed by atoms with Gasteiger partial charge in [0.1, 0.15) is 0 Å². The van der Waals surface area contributed by atoms with Crippen molar-refractivity contribution in [2.45, 2.75) is 57.7 Å². The van der Waals surface area contributed by atoms with Crippen LogP contribution < -0.4 is 5.32 Å². The number of aliphatic hydroxyl groups is 1. The van der Waals surface area contributed by atoms with Gasteiger partial charge in [0.15, 0.2) is 0 Å². The molecule has 2 aliphatic rings. The third-order valence-electron chi connectivity index (χ3n) is 4.57. The van der Waals surface area contributed by atoms with Crippen molar-refractivity contribution in [3.63, 3.8) is 0 Å². The summed E-state index contributed by atoms with van der Waals surface area (Å²) in [5.74, 6) is 0.307. The second-order valence-electron chi connectivity index (χ2n) is 6.03. The maximum atomic E-state index is 10.2. The quantitative estimate of drug-likeness (QED) is 0.756. The van der Waals surface area contributed by atoms with Gasteiger partial charge < -0.3 is 10.4 Å². The topological polar surface area (TPSA) is 35.5 Å². The normalized spacial score (nSPS) is 34.3. The van der Waals surface area contributed by atoms with E-state index >= 15 is 0 Å². The molecule has 2 saturated heterocycles. The molecule has 0 aromatic heterocycles. The number of hydrogen-bond acceptors (Lipinski definition) is 3. The van der Waals surface area contributed by atoms with Gasteiger partial charge in [-0.05, 0) is 38.6 Å². The van der Waals surface area contributed by atoms with Gasteiger partial charge in [-0.1, -0.05) is 13.8 Å². The molecule has 3 atom stereocenters. The second-order valence-corrected chi connectivity index (χ2v) is 6.03. The molecule has 2 heterocycles. The first-order chi connectivity index (χ1) is 7.50. The van der Waals surface area contributed by atoms with Crippen molar-refractivity contribution in [3.05, 3.63) is 0 Å². The summed E-state index contributed by atoms with van der Waals surface area (Å²) in [5.41, 5.74) is -0.577. The fourth-order valence-corrected chi connectivity index (χ4v) is 2.86. The lowest BCUT2D eigenvalue weighted by Gasteiger charge is -2.31. The summed E-state index contributed by atoms with van der Waals surface area (Å²) in [7, 11) is 0. The minimum Gasteiger partial charge on any atom is -0.389 e. The highest BCUT2D eigenvalue weighted by atomic mass is 16.3. The molecule has 3 nitrogen and oxygen atoms in total. The highest BCUT2D eigenvalue weighted by Gasteiger charge is 2.37. The summed E-state index contributed by atoms with van der Waals surface area (Å²) < 4.78 is 0. The van der Waals surface area contributed by atoms with E-state index in [0.29, 0.717) is 12.0 Å². The molecule has 2 rings (SSSR count). The molecule has 0 radical (unpaired) electrons. The average Bonchev–Trinajstić information content (AvgIpc) is 2.76. The molecule has 94 valence electrons. The molecule has 0 aliphatic carbocycles. The maximum absolute atomic E-state index is 10.2. The predicted octanol–water partition coefficient (Wildman–Crippen LogP) is 1.22. The van der Waals surface area contributed by atoms with Crippen molar-refractivity contribution >= 4 is 0 Å². The molecule has 0 saturated carbocycles. The number of nitrogens with one attached hydrogen (secondary N) is 1. The molecular weight excluding hydrogens is 200 g/mol. The van der Waals surface area contributed by atoms with Gasteiger partial charge in [-0.2, -0.15) is 0 Å². The molecule has 0 amide bonds. The lowest BCUT2D eigenvalue weighted by molar-refractivity contribution is 0.0111. The van der Waals surface area contributed by atoms with E-state index in [1.165, 1.54) is 32.4 Å². The van der Waals surface area contributed by atoms with Crippen molar-refractivity contribution in [1.29, 1.82) is 0 Å². The van der Waals surface area contributed by atoms with E-state index in [1.54, 1.807) is 0 Å². The van der Waals surface area contributed by atoms with Crippen molar-refractivity contribution in [2.75, 3.05) is 19.6 Å². The van der Waals surface area contributed by atoms with E-state index in [2.05, 4.69) is 24.1 Å². The molecular formula is C13H26N2O. The van der Waals surface area contributed by atoms with Gasteiger partial charge in [-0.25, -0.2) is 0 Å². The highest BCUT2D eigenvalue weighted by Crippen LogP contribution is 2.28. The molecule has 2 fully saturated rings. The zero-order valence-electron chi connectivity index (χ0n) is 10.9. The van der Waals surface area contributed by atoms with E-state index in [0.717, 1.165) is 12.6 Å². The minimum atomic E-state index is -0.577. The van der Waals surface area contributed by atoms with E-state index in [-0.39, 0.29) is 0 Å². The van der Waals surface area contributed by atoms with E-state index < -0.39 is 5.60 Å². The van der Waals surface area contributed by atoms with Gasteiger partial charge in [0.05, 0.1) is 5.60 Å². The van der Waals surface area contributed by atoms with Crippen molar-refractivity contribution in [3.8, 4) is 0 Å². The van der Waals surface area contributed by atoms with Crippen LogP contribution in [0.1, 0.15) is 40.0 Å². The molecule has 0 spiro atoms. The largest absolute Gasteiger partial charge is 0.389 e. The Morgan fingerprint density at radius 2 is 2.12 bits per heavy atom. The molecule has 3 unspecified atom stereocenters. The SMILES string of the molecule is CC(C)C(C)(O)CNC1CCN2CCCC12. The van der Waals surface area contributed by atoms with Gasteiger partial charge in [0, 0.05) is 25.2 Å². The zero-order chi connectivity index (χ0) is 11.8. The van der Waals surface area contributed by atoms with Crippen molar-refractivity contribution < 1.29 is 5.11 Å². The van der Waals surface area contributed by atoms with E-state index in [4.69, 9.17) is 0 Å². The van der Waals surface area contributed by atoms with Crippen LogP contribution in [0.3, 0.4) is 0 Å². The fourth-order valence-electron chi connectivity index (χ4n) is 2.86. The first-order valence-corrected chi connectivity index (χ1v) is 6.70. The number of fused-ring (bicyclic) bond motifs is 1. The molecule has 3 heteroatoms. The van der Waals surface area contributed by atoms with Crippen LogP contribution >= 0.6 is 0 Å². The molecule has 2 N–H and O–H groups in total. The Balaban J connectivity index is 1.82. The standard InChI is InChI=1S/C13H26N2O/c1-10(2)13(3,16)9-14-11-6-8-15-7-4-5-12(11)15/h10-12,14,16H,4-9H2,1-3H3. The molecule has 16 heavy (non-hydrogen) atoms. The third-order valence-corrected chi connectivity index (χ3v) is 4.57. The predicted molar refractivity (Wildman–Crippen MR) is 66.5 cm³/mol. The maximum Gasteiger partial charge on any atom is 0.0766 e. The van der Waals surface area contributed by atoms with Crippen molar-refractivity contribution in [2.24, 2.45) is 5.92 Å². The van der Waals surface area contributed by atoms with Crippen LogP contribution in [0.4, 0.5) is 0 Å². The smallest absolute Gasteiger partial charge is 0.0766 e. The summed E-state index contributed by atoms with van der Waals surface area (Å²) in [5, 5.41) is 13.8. The Morgan fingerprint density at radius 3 is 2.81 bits per heavy atom. The van der Waals surface area contributed by atoms with Gasteiger partial charge in [0.2, 0.25) is 0 Å². The summed E-state index contributed by atoms with van der Waals surface area (Å²) in [6.07, 6.45) is 3.93. The fraction of sp³-hybridized carbons (Fsp3) is 1.00. The van der Waals surface area contributed by atoms with Gasteiger partial charge in [-0.15, -0.1) is 0 Å². The van der Waals surface area contributed by atoms with E-state index in [9.17, 15) is 5.11 Å². The van der Waals surface area contributed by atoms with Crippen LogP contribution in [0, 0.1) is 5.92 Å². The molecule has 0 aromatic carbocycles. The molecule has 0 bridgehead atoms. The monoisotopic (exact) mass is 226 g/mol. The van der Waals surface area contributed by atoms with Gasteiger partial charge >= 0.3 is 0 Å². The Bertz CT molecular complexity index is 240. The molecule has 2 aliphatic heterocycles. The van der Waals surface area contributed by atoms with Gasteiger partial charge in [-0.3, -0.25) is 4.90 Å². The van der Waals surface area contributed by atoms with Crippen molar-refractivity contribution in [1.82, 2.24) is 10.2 Å². The van der Waals surface area contributed by atoms with Crippen LogP contribution in [0.25, 0.3) is 0 Å². The third kappa shape index (κ3) is 2.41. The Hall–Kier alpha value is -0.120. The Labute approximate surface area is 99.2 Å². The summed E-state index contributed by atoms with van der Waals surface area (Å²) >= 11 is 0. The minimum absolute atomic E-state index is 0.307. The number of nitrogens with zero attached hydrogens (tertiary/aromatic N) is 1. The Morgan fingerprint density at radius 1 is 1.38 bits per heavy atom. The van der Waals surface area contributed by atoms with Crippen LogP contribution in [0.5, 0.6) is 0 Å². The zero-order valence-corrected chi connectivity index (χ0v) is 10.9. The highest BCUT2D eigenvalue weighted by molar-refractivity contribution is 4.96. The van der Waals surface area contributed by atoms with Gasteiger partial charge in [0.25, 0.3) is 0 Å². The summed E-state index contributed by atoms with van der Waals surface area (Å²) in [4.78, 5) is 2.60. The van der Waals surface area contributed by atoms with Crippen LogP contribution in [-0.2, 0) is 0 Å². The van der Waals surface area contributed by atoms with Crippen LogP contribution in [-0.4, -0.2) is 47.3 Å². The van der Waals surface area contributed by atoms with E-state index in [1.807, 2.05) is 6.92 Å². The summed E-state index contributed by atoms with van der Waals surface area (Å²) in [6.45, 7) is 9.34. The number of rotatable bonds is 4. The molecule has 0 aromatic rings. The number of hydrogen-bond donors (Lipinski definition) is 2. The van der Waals surface area contributed by atoms with Crippen LogP contribution in [0.2, 0.25) is 0 Å².